The van der Waals surface area contributed by atoms with Crippen molar-refractivity contribution >= 4 is 11.6 Å². The molecular weight excluding hydrogens is 482 g/mol. The first kappa shape index (κ1) is 38.3. The van der Waals surface area contributed by atoms with Gasteiger partial charge in [-0.1, -0.05) is 156 Å². The smallest absolute Gasteiger partial charge is 0.150 e. The minimum atomic E-state index is -0.755. The first-order chi connectivity index (χ1) is 18.8. The molecular formula is C35H69NO3. The van der Waals surface area contributed by atoms with Crippen LogP contribution in [0.3, 0.4) is 0 Å². The standard InChI is InChI=1S/C35H69NO3/c1-5-7-9-11-13-15-17-19-21-23-25-27-31(38)33(35(3,4)29-30-37)34(36)32(39)28-26-24-22-20-18-16-14-12-10-8-6-2/h33-34,37H,5-30,36H2,1-4H3. The van der Waals surface area contributed by atoms with Crippen LogP contribution in [0.1, 0.15) is 188 Å². The monoisotopic (exact) mass is 552 g/mol. The number of nitrogens with two attached hydrogens (primary N) is 1. The summed E-state index contributed by atoms with van der Waals surface area (Å²) in [5.74, 6) is -0.369. The predicted molar refractivity (Wildman–Crippen MR) is 169 cm³/mol. The first-order valence-electron chi connectivity index (χ1n) is 17.2. The molecule has 0 aliphatic rings. The van der Waals surface area contributed by atoms with Gasteiger partial charge in [0.15, 0.2) is 0 Å². The van der Waals surface area contributed by atoms with E-state index in [4.69, 9.17) is 5.73 Å². The van der Waals surface area contributed by atoms with Gasteiger partial charge in [0.25, 0.3) is 0 Å². The normalized spacial score (nSPS) is 13.5. The van der Waals surface area contributed by atoms with Crippen molar-refractivity contribution in [3.05, 3.63) is 0 Å². The van der Waals surface area contributed by atoms with Gasteiger partial charge in [-0.05, 0) is 24.7 Å². The lowest BCUT2D eigenvalue weighted by Crippen LogP contribution is -2.49. The van der Waals surface area contributed by atoms with Crippen molar-refractivity contribution in [1.29, 1.82) is 0 Å². The third-order valence-corrected chi connectivity index (χ3v) is 8.73. The third kappa shape index (κ3) is 20.7. The molecule has 0 aromatic carbocycles. The molecule has 4 heteroatoms. The lowest BCUT2D eigenvalue weighted by atomic mass is 9.68. The highest BCUT2D eigenvalue weighted by atomic mass is 16.3. The van der Waals surface area contributed by atoms with Gasteiger partial charge in [-0.15, -0.1) is 0 Å². The average molecular weight is 552 g/mol. The fraction of sp³-hybridized carbons (Fsp3) is 0.943. The number of aliphatic hydroxyl groups is 1. The Morgan fingerprint density at radius 3 is 1.21 bits per heavy atom. The van der Waals surface area contributed by atoms with Crippen molar-refractivity contribution in [2.24, 2.45) is 17.1 Å². The van der Waals surface area contributed by atoms with E-state index in [2.05, 4.69) is 13.8 Å². The van der Waals surface area contributed by atoms with Gasteiger partial charge in [0.1, 0.15) is 11.6 Å². The molecule has 0 radical (unpaired) electrons. The summed E-state index contributed by atoms with van der Waals surface area (Å²) in [5, 5.41) is 9.61. The highest BCUT2D eigenvalue weighted by Crippen LogP contribution is 2.35. The molecule has 0 aliphatic heterocycles. The van der Waals surface area contributed by atoms with Crippen molar-refractivity contribution in [1.82, 2.24) is 0 Å². The van der Waals surface area contributed by atoms with Crippen molar-refractivity contribution < 1.29 is 14.7 Å². The van der Waals surface area contributed by atoms with Gasteiger partial charge in [-0.3, -0.25) is 9.59 Å². The molecule has 3 N–H and O–H groups in total. The van der Waals surface area contributed by atoms with Gasteiger partial charge >= 0.3 is 0 Å². The molecule has 0 saturated heterocycles. The van der Waals surface area contributed by atoms with E-state index in [-0.39, 0.29) is 18.2 Å². The fourth-order valence-corrected chi connectivity index (χ4v) is 6.00. The van der Waals surface area contributed by atoms with Gasteiger partial charge in [-0.2, -0.15) is 0 Å². The number of hydrogen-bond acceptors (Lipinski definition) is 4. The molecule has 0 fully saturated rings. The Hall–Kier alpha value is -0.740. The Balaban J connectivity index is 4.33. The molecule has 2 atom stereocenters. The van der Waals surface area contributed by atoms with Crippen LogP contribution in [0.15, 0.2) is 0 Å². The molecule has 0 aliphatic carbocycles. The molecule has 0 heterocycles. The number of hydrogen-bond donors (Lipinski definition) is 2. The number of rotatable bonds is 30. The fourth-order valence-electron chi connectivity index (χ4n) is 6.00. The Morgan fingerprint density at radius 2 is 0.872 bits per heavy atom. The molecule has 4 nitrogen and oxygen atoms in total. The van der Waals surface area contributed by atoms with E-state index in [9.17, 15) is 14.7 Å². The van der Waals surface area contributed by atoms with Gasteiger partial charge in [0.2, 0.25) is 0 Å². The summed E-state index contributed by atoms with van der Waals surface area (Å²) < 4.78 is 0. The Bertz CT molecular complexity index is 574. The SMILES string of the molecule is CCCCCCCCCCCCCC(=O)C(N)C(C(=O)CCCCCCCCCCCCC)C(C)(C)CCO. The predicted octanol–water partition coefficient (Wildman–Crippen LogP) is 9.88. The number of aliphatic hydroxyl groups excluding tert-OH is 1. The van der Waals surface area contributed by atoms with Gasteiger partial charge < -0.3 is 10.8 Å². The van der Waals surface area contributed by atoms with Crippen molar-refractivity contribution in [2.75, 3.05) is 6.61 Å². The summed E-state index contributed by atoms with van der Waals surface area (Å²) in [6.45, 7) is 8.50. The van der Waals surface area contributed by atoms with E-state index >= 15 is 0 Å². The first-order valence-corrected chi connectivity index (χ1v) is 17.2. The lowest BCUT2D eigenvalue weighted by molar-refractivity contribution is -0.134. The third-order valence-electron chi connectivity index (χ3n) is 8.73. The van der Waals surface area contributed by atoms with Crippen molar-refractivity contribution in [3.8, 4) is 0 Å². The van der Waals surface area contributed by atoms with E-state index in [1.165, 1.54) is 116 Å². The summed E-state index contributed by atoms with van der Waals surface area (Å²) in [6.07, 6.45) is 28.9. The molecule has 0 saturated carbocycles. The zero-order valence-electron chi connectivity index (χ0n) is 26.9. The summed E-state index contributed by atoms with van der Waals surface area (Å²) in [6, 6.07) is -0.755. The van der Waals surface area contributed by atoms with Crippen molar-refractivity contribution in [2.45, 2.75) is 194 Å². The zero-order valence-corrected chi connectivity index (χ0v) is 26.9. The van der Waals surface area contributed by atoms with Crippen LogP contribution in [0.4, 0.5) is 0 Å². The van der Waals surface area contributed by atoms with E-state index < -0.39 is 17.4 Å². The second-order valence-electron chi connectivity index (χ2n) is 13.0. The van der Waals surface area contributed by atoms with Crippen LogP contribution in [-0.2, 0) is 9.59 Å². The average Bonchev–Trinajstić information content (AvgIpc) is 2.90. The maximum Gasteiger partial charge on any atom is 0.150 e. The van der Waals surface area contributed by atoms with Gasteiger partial charge in [0, 0.05) is 25.4 Å². The highest BCUT2D eigenvalue weighted by molar-refractivity contribution is 5.92. The van der Waals surface area contributed by atoms with Crippen LogP contribution in [0.5, 0.6) is 0 Å². The molecule has 0 rings (SSSR count). The van der Waals surface area contributed by atoms with Crippen LogP contribution < -0.4 is 5.73 Å². The zero-order chi connectivity index (χ0) is 29.2. The Kier molecular flexibility index (Phi) is 25.7. The van der Waals surface area contributed by atoms with Crippen LogP contribution >= 0.6 is 0 Å². The minimum absolute atomic E-state index is 0.00867. The quantitative estimate of drug-likeness (QED) is 0.0870. The number of carbonyl (C=O) groups is 2. The number of Topliss-reactive ketones (excluding diaryl/α,β-unsaturated/α-hetero) is 2. The molecule has 0 aromatic rings. The molecule has 0 spiro atoms. The minimum Gasteiger partial charge on any atom is -0.396 e. The van der Waals surface area contributed by atoms with Crippen LogP contribution in [0.25, 0.3) is 0 Å². The largest absolute Gasteiger partial charge is 0.396 e. The summed E-state index contributed by atoms with van der Waals surface area (Å²) in [7, 11) is 0. The van der Waals surface area contributed by atoms with Crippen LogP contribution in [-0.4, -0.2) is 29.3 Å². The number of carbonyl (C=O) groups excluding carboxylic acids is 2. The van der Waals surface area contributed by atoms with E-state index in [1.807, 2.05) is 13.8 Å². The molecule has 0 aromatic heterocycles. The summed E-state index contributed by atoms with van der Waals surface area (Å²) >= 11 is 0. The lowest BCUT2D eigenvalue weighted by Gasteiger charge is -2.36. The van der Waals surface area contributed by atoms with E-state index in [0.29, 0.717) is 19.3 Å². The summed E-state index contributed by atoms with van der Waals surface area (Å²) in [5.41, 5.74) is 6.01. The van der Waals surface area contributed by atoms with E-state index in [1.54, 1.807) is 0 Å². The van der Waals surface area contributed by atoms with Gasteiger partial charge in [0.05, 0.1) is 6.04 Å². The molecule has 39 heavy (non-hydrogen) atoms. The Morgan fingerprint density at radius 1 is 0.564 bits per heavy atom. The maximum absolute atomic E-state index is 13.3. The van der Waals surface area contributed by atoms with E-state index in [0.717, 1.165) is 25.7 Å². The summed E-state index contributed by atoms with van der Waals surface area (Å²) in [4.78, 5) is 26.3. The molecule has 0 amide bonds. The second kappa shape index (κ2) is 26.2. The topological polar surface area (TPSA) is 80.4 Å². The molecule has 0 bridgehead atoms. The van der Waals surface area contributed by atoms with Crippen molar-refractivity contribution in [3.63, 3.8) is 0 Å². The molecule has 232 valence electrons. The van der Waals surface area contributed by atoms with Crippen LogP contribution in [0, 0.1) is 11.3 Å². The second-order valence-corrected chi connectivity index (χ2v) is 13.0. The number of unbranched alkanes of at least 4 members (excludes halogenated alkanes) is 20. The maximum atomic E-state index is 13.3. The van der Waals surface area contributed by atoms with Gasteiger partial charge in [-0.25, -0.2) is 0 Å². The Labute approximate surface area is 244 Å². The molecule has 2 unspecified atom stereocenters. The van der Waals surface area contributed by atoms with Crippen LogP contribution in [0.2, 0.25) is 0 Å². The number of ketones is 2. The highest BCUT2D eigenvalue weighted by Gasteiger charge is 2.40.